The molecule has 0 unspecified atom stereocenters. The van der Waals surface area contributed by atoms with Crippen molar-refractivity contribution in [3.8, 4) is 33.8 Å². The van der Waals surface area contributed by atoms with Gasteiger partial charge in [-0.15, -0.1) is 0 Å². The van der Waals surface area contributed by atoms with Gasteiger partial charge in [0.05, 0.1) is 9.79 Å². The van der Waals surface area contributed by atoms with Crippen LogP contribution in [0.3, 0.4) is 0 Å². The minimum Gasteiger partial charge on any atom is -0.455 e. The summed E-state index contributed by atoms with van der Waals surface area (Å²) < 4.78 is 6.24. The van der Waals surface area contributed by atoms with Crippen molar-refractivity contribution in [3.05, 3.63) is 157 Å². The van der Waals surface area contributed by atoms with Gasteiger partial charge in [-0.25, -0.2) is 4.99 Å². The topological polar surface area (TPSA) is 21.6 Å². The molecule has 2 nitrogen and oxygen atoms in total. The lowest BCUT2D eigenvalue weighted by Crippen LogP contribution is -1.95. The molecule has 0 N–H and O–H groups in total. The number of fused-ring (bicyclic) bond motifs is 8. The molecule has 0 aromatic heterocycles. The highest BCUT2D eigenvalue weighted by atomic mass is 32.2. The lowest BCUT2D eigenvalue weighted by molar-refractivity contribution is 0.454. The summed E-state index contributed by atoms with van der Waals surface area (Å²) in [6.45, 7) is 0. The molecule has 0 aliphatic carbocycles. The normalized spacial score (nSPS) is 13.4. The van der Waals surface area contributed by atoms with Gasteiger partial charge in [0.1, 0.15) is 17.2 Å². The highest BCUT2D eigenvalue weighted by molar-refractivity contribution is 7.99. The number of rotatable bonds is 3. The Morgan fingerprint density at radius 1 is 0.467 bits per heavy atom. The Morgan fingerprint density at radius 3 is 1.84 bits per heavy atom. The first-order valence-corrected chi connectivity index (χ1v) is 15.8. The van der Waals surface area contributed by atoms with E-state index in [0.29, 0.717) is 0 Å². The standard InChI is InChI=1S/C42H25NOS/c1-2-14-38(43-21-9-1)31-23-29(22-30(24-31)28-18-20-40-42(26-28)45-41-16-8-7-15-39(41)44-40)27-17-19-36-34-12-4-3-10-32(34)33-11-5-6-13-35(33)37(36)25-27/h1-13,15-26H. The first kappa shape index (κ1) is 25.9. The molecular weight excluding hydrogens is 567 g/mol. The quantitative estimate of drug-likeness (QED) is 0.151. The van der Waals surface area contributed by atoms with E-state index < -0.39 is 0 Å². The van der Waals surface area contributed by atoms with E-state index in [-0.39, 0.29) is 0 Å². The third-order valence-corrected chi connectivity index (χ3v) is 9.66. The molecule has 2 aliphatic heterocycles. The van der Waals surface area contributed by atoms with Crippen molar-refractivity contribution in [2.75, 3.05) is 0 Å². The van der Waals surface area contributed by atoms with Crippen LogP contribution in [0.4, 0.5) is 0 Å². The molecule has 7 aromatic carbocycles. The van der Waals surface area contributed by atoms with Crippen LogP contribution in [-0.2, 0) is 0 Å². The zero-order chi connectivity index (χ0) is 29.7. The van der Waals surface area contributed by atoms with E-state index in [1.807, 2.05) is 36.6 Å². The molecule has 0 saturated carbocycles. The van der Waals surface area contributed by atoms with Gasteiger partial charge in [0.2, 0.25) is 0 Å². The summed E-state index contributed by atoms with van der Waals surface area (Å²) in [5.41, 5.74) is 9.75. The second-order valence-electron chi connectivity index (χ2n) is 11.3. The molecule has 2 aliphatic rings. The Hall–Kier alpha value is -5.60. The Morgan fingerprint density at radius 2 is 1.07 bits per heavy atom. The van der Waals surface area contributed by atoms with Crippen LogP contribution >= 0.6 is 11.8 Å². The molecule has 0 amide bonds. The largest absolute Gasteiger partial charge is 0.455 e. The zero-order valence-electron chi connectivity index (χ0n) is 24.2. The van der Waals surface area contributed by atoms with E-state index in [9.17, 15) is 0 Å². The molecule has 2 heterocycles. The summed E-state index contributed by atoms with van der Waals surface area (Å²) in [5, 5.41) is 7.62. The minimum atomic E-state index is 0.810. The second-order valence-corrected chi connectivity index (χ2v) is 12.4. The lowest BCUT2D eigenvalue weighted by Gasteiger charge is -2.20. The first-order chi connectivity index (χ1) is 22.3. The average Bonchev–Trinajstić information content (AvgIpc) is 3.40. The van der Waals surface area contributed by atoms with Crippen molar-refractivity contribution in [3.63, 3.8) is 0 Å². The smallest absolute Gasteiger partial charge is 0.141 e. The molecule has 0 fully saturated rings. The van der Waals surface area contributed by atoms with Gasteiger partial charge >= 0.3 is 0 Å². The number of benzene rings is 7. The van der Waals surface area contributed by atoms with Gasteiger partial charge in [-0.3, -0.25) is 0 Å². The predicted molar refractivity (Wildman–Crippen MR) is 190 cm³/mol. The van der Waals surface area contributed by atoms with Gasteiger partial charge in [0.25, 0.3) is 0 Å². The Kier molecular flexibility index (Phi) is 6.05. The van der Waals surface area contributed by atoms with Crippen molar-refractivity contribution in [2.45, 2.75) is 9.79 Å². The van der Waals surface area contributed by atoms with E-state index in [4.69, 9.17) is 9.73 Å². The fourth-order valence-corrected chi connectivity index (χ4v) is 7.43. The van der Waals surface area contributed by atoms with Crippen molar-refractivity contribution in [1.29, 1.82) is 0 Å². The molecule has 9 rings (SSSR count). The van der Waals surface area contributed by atoms with Gasteiger partial charge < -0.3 is 4.74 Å². The van der Waals surface area contributed by atoms with E-state index in [1.165, 1.54) is 32.3 Å². The van der Waals surface area contributed by atoms with Crippen LogP contribution < -0.4 is 4.74 Å². The summed E-state index contributed by atoms with van der Waals surface area (Å²) in [5.74, 6) is 1.79. The Balaban J connectivity index is 1.24. The van der Waals surface area contributed by atoms with E-state index in [1.54, 1.807) is 11.8 Å². The highest BCUT2D eigenvalue weighted by Gasteiger charge is 2.19. The SMILES string of the molecule is C1=CC=CC=NC=1c1cc(-c2ccc3c(c2)Sc2ccccc2O3)cc(-c2ccc3c4ccccc4c4ccccc4c3c2)c1. The van der Waals surface area contributed by atoms with Crippen molar-refractivity contribution < 1.29 is 4.74 Å². The fourth-order valence-electron chi connectivity index (χ4n) is 6.44. The predicted octanol–water partition coefficient (Wildman–Crippen LogP) is 11.9. The maximum atomic E-state index is 6.24. The molecule has 7 aromatic rings. The summed E-state index contributed by atoms with van der Waals surface area (Å²) >= 11 is 1.75. The van der Waals surface area contributed by atoms with Crippen molar-refractivity contribution in [1.82, 2.24) is 0 Å². The van der Waals surface area contributed by atoms with Gasteiger partial charge in [-0.05, 0) is 115 Å². The van der Waals surface area contributed by atoms with Gasteiger partial charge in [0, 0.05) is 11.8 Å². The molecule has 0 atom stereocenters. The number of hydrogen-bond donors (Lipinski definition) is 0. The van der Waals surface area contributed by atoms with E-state index in [2.05, 4.69) is 121 Å². The second kappa shape index (κ2) is 10.5. The van der Waals surface area contributed by atoms with Crippen LogP contribution in [0.1, 0.15) is 5.56 Å². The third kappa shape index (κ3) is 4.49. The molecule has 0 saturated heterocycles. The summed E-state index contributed by atoms with van der Waals surface area (Å²) in [6, 6.07) is 45.7. The van der Waals surface area contributed by atoms with Crippen LogP contribution in [0.5, 0.6) is 11.5 Å². The van der Waals surface area contributed by atoms with Crippen LogP contribution in [-0.4, -0.2) is 6.21 Å². The number of hydrogen-bond acceptors (Lipinski definition) is 3. The maximum absolute atomic E-state index is 6.24. The summed E-state index contributed by atoms with van der Waals surface area (Å²) in [4.78, 5) is 6.96. The summed E-state index contributed by atoms with van der Waals surface area (Å²) in [6.07, 6.45) is 7.64. The molecule has 0 radical (unpaired) electrons. The lowest BCUT2D eigenvalue weighted by atomic mass is 9.90. The Bertz CT molecular complexity index is 2440. The van der Waals surface area contributed by atoms with Gasteiger partial charge in [-0.2, -0.15) is 0 Å². The zero-order valence-corrected chi connectivity index (χ0v) is 25.0. The molecule has 0 bridgehead atoms. The average molecular weight is 592 g/mol. The van der Waals surface area contributed by atoms with Crippen LogP contribution in [0, 0.1) is 0 Å². The number of para-hydroxylation sites is 1. The number of allylic oxidation sites excluding steroid dienone is 3. The van der Waals surface area contributed by atoms with E-state index in [0.717, 1.165) is 54.8 Å². The number of ether oxygens (including phenoxy) is 1. The molecule has 210 valence electrons. The first-order valence-electron chi connectivity index (χ1n) is 15.0. The van der Waals surface area contributed by atoms with Crippen LogP contribution in [0.2, 0.25) is 0 Å². The molecule has 3 heteroatoms. The third-order valence-electron chi connectivity index (χ3n) is 8.57. The van der Waals surface area contributed by atoms with Crippen molar-refractivity contribution in [2.24, 2.45) is 4.99 Å². The molecule has 45 heavy (non-hydrogen) atoms. The number of nitrogens with zero attached hydrogens (tertiary/aromatic N) is 1. The van der Waals surface area contributed by atoms with E-state index >= 15 is 0 Å². The van der Waals surface area contributed by atoms with Crippen LogP contribution in [0.15, 0.2) is 166 Å². The minimum absolute atomic E-state index is 0.810. The molecular formula is C42H25NOS. The fraction of sp³-hybridized carbons (Fsp3) is 0. The number of aliphatic imine (C=N–C) groups is 1. The highest BCUT2D eigenvalue weighted by Crippen LogP contribution is 2.48. The monoisotopic (exact) mass is 591 g/mol. The summed E-state index contributed by atoms with van der Waals surface area (Å²) in [7, 11) is 0. The maximum Gasteiger partial charge on any atom is 0.141 e. The van der Waals surface area contributed by atoms with Crippen LogP contribution in [0.25, 0.3) is 60.3 Å². The van der Waals surface area contributed by atoms with Gasteiger partial charge in [0.15, 0.2) is 0 Å². The molecule has 0 spiro atoms. The Labute approximate surface area is 265 Å². The van der Waals surface area contributed by atoms with Crippen molar-refractivity contribution >= 4 is 56.0 Å². The van der Waals surface area contributed by atoms with Gasteiger partial charge in [-0.1, -0.05) is 102 Å².